The van der Waals surface area contributed by atoms with Gasteiger partial charge >= 0.3 is 0 Å². The minimum atomic E-state index is 0.244. The summed E-state index contributed by atoms with van der Waals surface area (Å²) in [5.74, 6) is 0. The van der Waals surface area contributed by atoms with E-state index in [1.54, 1.807) is 0 Å². The average Bonchev–Trinajstić information content (AvgIpc) is 2.88. The quantitative estimate of drug-likeness (QED) is 0.916. The smallest absolute Gasteiger partial charge is 0.0954 e. The van der Waals surface area contributed by atoms with E-state index in [2.05, 4.69) is 43.7 Å². The van der Waals surface area contributed by atoms with Gasteiger partial charge in [-0.15, -0.1) is 0 Å². The minimum absolute atomic E-state index is 0.244. The van der Waals surface area contributed by atoms with Gasteiger partial charge in [-0.2, -0.15) is 0 Å². The molecule has 0 radical (unpaired) electrons. The van der Waals surface area contributed by atoms with Crippen molar-refractivity contribution in [1.29, 1.82) is 0 Å². The summed E-state index contributed by atoms with van der Waals surface area (Å²) < 4.78 is 3.34. The van der Waals surface area contributed by atoms with Crippen LogP contribution in [-0.2, 0) is 0 Å². The zero-order valence-corrected chi connectivity index (χ0v) is 12.4. The van der Waals surface area contributed by atoms with E-state index >= 15 is 0 Å². The highest BCUT2D eigenvalue weighted by Crippen LogP contribution is 2.32. The van der Waals surface area contributed by atoms with Crippen LogP contribution in [0.25, 0.3) is 11.3 Å². The van der Waals surface area contributed by atoms with Crippen molar-refractivity contribution >= 4 is 15.9 Å². The average molecular weight is 320 g/mol. The maximum absolute atomic E-state index is 6.29. The molecule has 0 amide bonds. The molecular weight excluding hydrogens is 302 g/mol. The number of halogens is 1. The van der Waals surface area contributed by atoms with Crippen LogP contribution in [-0.4, -0.2) is 15.6 Å². The second-order valence-corrected chi connectivity index (χ2v) is 6.13. The Balaban J connectivity index is 1.98. The van der Waals surface area contributed by atoms with Crippen LogP contribution in [0.3, 0.4) is 0 Å². The summed E-state index contributed by atoms with van der Waals surface area (Å²) in [5, 5.41) is 0. The lowest BCUT2D eigenvalue weighted by atomic mass is 9.90. The van der Waals surface area contributed by atoms with Gasteiger partial charge in [0.25, 0.3) is 0 Å². The lowest BCUT2D eigenvalue weighted by molar-refractivity contribution is 0.308. The Kier molecular flexibility index (Phi) is 3.71. The number of nitrogens with zero attached hydrogens (tertiary/aromatic N) is 2. The van der Waals surface area contributed by atoms with E-state index in [-0.39, 0.29) is 6.04 Å². The Bertz CT molecular complexity index is 564. The van der Waals surface area contributed by atoms with Crippen LogP contribution in [0.1, 0.15) is 31.7 Å². The van der Waals surface area contributed by atoms with E-state index in [0.29, 0.717) is 6.04 Å². The highest BCUT2D eigenvalue weighted by atomic mass is 79.9. The molecule has 1 aliphatic carbocycles. The zero-order chi connectivity index (χ0) is 13.2. The maximum Gasteiger partial charge on any atom is 0.0954 e. The summed E-state index contributed by atoms with van der Waals surface area (Å²) in [7, 11) is 0. The van der Waals surface area contributed by atoms with Gasteiger partial charge in [0.15, 0.2) is 0 Å². The van der Waals surface area contributed by atoms with Crippen molar-refractivity contribution in [1.82, 2.24) is 9.55 Å². The van der Waals surface area contributed by atoms with Crippen LogP contribution in [0.4, 0.5) is 0 Å². The lowest BCUT2D eigenvalue weighted by Crippen LogP contribution is -2.35. The summed E-state index contributed by atoms with van der Waals surface area (Å²) in [5.41, 5.74) is 8.63. The predicted molar refractivity (Wildman–Crippen MR) is 80.8 cm³/mol. The number of hydrogen-bond donors (Lipinski definition) is 1. The molecule has 1 heterocycles. The SMILES string of the molecule is NC1CCCCC1n1cncc1-c1cccc(Br)c1. The molecule has 100 valence electrons. The van der Waals surface area contributed by atoms with Crippen LogP contribution < -0.4 is 5.73 Å². The molecule has 2 atom stereocenters. The van der Waals surface area contributed by atoms with E-state index in [1.807, 2.05) is 18.6 Å². The first-order valence-electron chi connectivity index (χ1n) is 6.79. The minimum Gasteiger partial charge on any atom is -0.326 e. The molecule has 0 saturated heterocycles. The first-order chi connectivity index (χ1) is 9.25. The van der Waals surface area contributed by atoms with Gasteiger partial charge in [-0.1, -0.05) is 40.9 Å². The molecule has 0 aliphatic heterocycles. The largest absolute Gasteiger partial charge is 0.326 e. The number of nitrogens with two attached hydrogens (primary N) is 1. The molecule has 1 saturated carbocycles. The van der Waals surface area contributed by atoms with Gasteiger partial charge in [-0.25, -0.2) is 4.98 Å². The fourth-order valence-electron chi connectivity index (χ4n) is 2.93. The van der Waals surface area contributed by atoms with Gasteiger partial charge in [0, 0.05) is 16.1 Å². The van der Waals surface area contributed by atoms with Gasteiger partial charge in [0.1, 0.15) is 0 Å². The maximum atomic E-state index is 6.29. The standard InChI is InChI=1S/C15H18BrN3/c16-12-5-3-4-11(8-12)15-9-18-10-19(15)14-7-2-1-6-13(14)17/h3-5,8-10,13-14H,1-2,6-7,17H2. The molecule has 19 heavy (non-hydrogen) atoms. The van der Waals surface area contributed by atoms with Crippen LogP contribution in [0.5, 0.6) is 0 Å². The van der Waals surface area contributed by atoms with Gasteiger partial charge in [0.05, 0.1) is 24.3 Å². The van der Waals surface area contributed by atoms with Crippen molar-refractivity contribution < 1.29 is 0 Å². The molecule has 1 fully saturated rings. The Morgan fingerprint density at radius 1 is 1.26 bits per heavy atom. The third kappa shape index (κ3) is 2.60. The summed E-state index contributed by atoms with van der Waals surface area (Å²) in [6.45, 7) is 0. The predicted octanol–water partition coefficient (Wildman–Crippen LogP) is 3.76. The monoisotopic (exact) mass is 319 g/mol. The van der Waals surface area contributed by atoms with Gasteiger partial charge in [-0.05, 0) is 25.0 Å². The van der Waals surface area contributed by atoms with Gasteiger partial charge in [0.2, 0.25) is 0 Å². The second-order valence-electron chi connectivity index (χ2n) is 5.21. The van der Waals surface area contributed by atoms with Gasteiger partial charge in [-0.3, -0.25) is 0 Å². The molecule has 2 unspecified atom stereocenters. The molecule has 2 N–H and O–H groups in total. The Hall–Kier alpha value is -1.13. The summed E-state index contributed by atoms with van der Waals surface area (Å²) in [4.78, 5) is 4.33. The van der Waals surface area contributed by atoms with E-state index in [1.165, 1.54) is 18.4 Å². The van der Waals surface area contributed by atoms with Crippen molar-refractivity contribution in [2.45, 2.75) is 37.8 Å². The molecule has 3 nitrogen and oxygen atoms in total. The van der Waals surface area contributed by atoms with E-state index in [9.17, 15) is 0 Å². The molecule has 1 aromatic carbocycles. The van der Waals surface area contributed by atoms with Crippen molar-refractivity contribution in [2.24, 2.45) is 5.73 Å². The molecule has 0 bridgehead atoms. The lowest BCUT2D eigenvalue weighted by Gasteiger charge is -2.30. The molecule has 1 aromatic heterocycles. The van der Waals surface area contributed by atoms with Gasteiger partial charge < -0.3 is 10.3 Å². The summed E-state index contributed by atoms with van der Waals surface area (Å²) in [6, 6.07) is 8.96. The van der Waals surface area contributed by atoms with Crippen LogP contribution >= 0.6 is 15.9 Å². The van der Waals surface area contributed by atoms with Crippen molar-refractivity contribution in [3.63, 3.8) is 0 Å². The van der Waals surface area contributed by atoms with Crippen LogP contribution in [0, 0.1) is 0 Å². The molecule has 1 aliphatic rings. The summed E-state index contributed by atoms with van der Waals surface area (Å²) in [6.07, 6.45) is 8.63. The fraction of sp³-hybridized carbons (Fsp3) is 0.400. The normalized spacial score (nSPS) is 23.5. The topological polar surface area (TPSA) is 43.8 Å². The van der Waals surface area contributed by atoms with E-state index < -0.39 is 0 Å². The first-order valence-corrected chi connectivity index (χ1v) is 7.58. The number of rotatable bonds is 2. The summed E-state index contributed by atoms with van der Waals surface area (Å²) >= 11 is 3.53. The third-order valence-electron chi connectivity index (χ3n) is 3.93. The Labute approximate surface area is 122 Å². The zero-order valence-electron chi connectivity index (χ0n) is 10.8. The molecule has 3 rings (SSSR count). The van der Waals surface area contributed by atoms with Crippen molar-refractivity contribution in [3.05, 3.63) is 41.3 Å². The highest BCUT2D eigenvalue weighted by molar-refractivity contribution is 9.10. The molecular formula is C15H18BrN3. The molecule has 4 heteroatoms. The Morgan fingerprint density at radius 2 is 2.11 bits per heavy atom. The van der Waals surface area contributed by atoms with E-state index in [4.69, 9.17) is 5.73 Å². The second kappa shape index (κ2) is 5.47. The number of hydrogen-bond acceptors (Lipinski definition) is 2. The number of aromatic nitrogens is 2. The van der Waals surface area contributed by atoms with Crippen molar-refractivity contribution in [2.75, 3.05) is 0 Å². The van der Waals surface area contributed by atoms with Crippen molar-refractivity contribution in [3.8, 4) is 11.3 Å². The highest BCUT2D eigenvalue weighted by Gasteiger charge is 2.25. The number of benzene rings is 1. The number of imidazole rings is 1. The third-order valence-corrected chi connectivity index (χ3v) is 4.42. The van der Waals surface area contributed by atoms with E-state index in [0.717, 1.165) is 23.0 Å². The first kappa shape index (κ1) is 12.9. The molecule has 0 spiro atoms. The fourth-order valence-corrected chi connectivity index (χ4v) is 3.32. The van der Waals surface area contributed by atoms with Crippen LogP contribution in [0.2, 0.25) is 0 Å². The molecule has 2 aromatic rings. The Morgan fingerprint density at radius 3 is 2.89 bits per heavy atom. The van der Waals surface area contributed by atoms with Crippen LogP contribution in [0.15, 0.2) is 41.3 Å².